The number of carboxylic acid groups (broad SMARTS) is 1. The number of carbonyl (C=O) groups excluding carboxylic acids is 1. The summed E-state index contributed by atoms with van der Waals surface area (Å²) in [5, 5.41) is 8.52. The van der Waals surface area contributed by atoms with Gasteiger partial charge in [0, 0.05) is 12.6 Å². The fraction of sp³-hybridized carbons (Fsp3) is 0.667. The lowest BCUT2D eigenvalue weighted by atomic mass is 10.2. The number of rotatable bonds is 2. The Bertz CT molecular complexity index is 345. The Morgan fingerprint density at radius 1 is 1.44 bits per heavy atom. The zero-order chi connectivity index (χ0) is 13.8. The molecule has 0 radical (unpaired) electrons. The van der Waals surface area contributed by atoms with E-state index in [1.807, 2.05) is 0 Å². The highest BCUT2D eigenvalue weighted by Gasteiger charge is 2.27. The van der Waals surface area contributed by atoms with Crippen LogP contribution in [0.3, 0.4) is 0 Å². The van der Waals surface area contributed by atoms with Crippen LogP contribution in [0.5, 0.6) is 0 Å². The molecule has 0 bridgehead atoms. The molecule has 0 aromatic carbocycles. The van der Waals surface area contributed by atoms with Crippen molar-refractivity contribution < 1.29 is 24.2 Å². The normalized spacial score (nSPS) is 21.1. The van der Waals surface area contributed by atoms with E-state index in [9.17, 15) is 9.59 Å². The number of carboxylic acids is 1. The predicted octanol–water partition coefficient (Wildman–Crippen LogP) is 1.26. The van der Waals surface area contributed by atoms with Gasteiger partial charge in [-0.2, -0.15) is 0 Å². The van der Waals surface area contributed by atoms with Crippen LogP contribution in [-0.2, 0) is 14.3 Å². The lowest BCUT2D eigenvalue weighted by Gasteiger charge is -2.33. The molecule has 6 nitrogen and oxygen atoms in total. The number of carbonyl (C=O) groups is 2. The second kappa shape index (κ2) is 5.86. The number of aliphatic carboxylic acids is 1. The molecule has 0 spiro atoms. The first kappa shape index (κ1) is 14.5. The molecule has 1 unspecified atom stereocenters. The molecular weight excluding hydrogens is 238 g/mol. The fourth-order valence-corrected chi connectivity index (χ4v) is 1.47. The minimum atomic E-state index is -1.03. The molecule has 1 heterocycles. The van der Waals surface area contributed by atoms with E-state index in [1.54, 1.807) is 20.8 Å². The van der Waals surface area contributed by atoms with Crippen molar-refractivity contribution in [1.82, 2.24) is 4.90 Å². The predicted molar refractivity (Wildman–Crippen MR) is 64.3 cm³/mol. The molecule has 1 fully saturated rings. The molecule has 0 saturated carbocycles. The molecule has 0 aromatic heterocycles. The van der Waals surface area contributed by atoms with Crippen molar-refractivity contribution in [2.24, 2.45) is 0 Å². The highest BCUT2D eigenvalue weighted by atomic mass is 16.6. The van der Waals surface area contributed by atoms with Gasteiger partial charge in [-0.25, -0.2) is 9.59 Å². The van der Waals surface area contributed by atoms with Gasteiger partial charge in [-0.05, 0) is 26.8 Å². The highest BCUT2D eigenvalue weighted by Crippen LogP contribution is 2.13. The van der Waals surface area contributed by atoms with Crippen molar-refractivity contribution in [2.75, 3.05) is 19.7 Å². The number of ether oxygens (including phenoxy) is 2. The van der Waals surface area contributed by atoms with Crippen molar-refractivity contribution in [3.63, 3.8) is 0 Å². The molecule has 18 heavy (non-hydrogen) atoms. The molecule has 1 atom stereocenters. The van der Waals surface area contributed by atoms with Crippen LogP contribution in [0.2, 0.25) is 0 Å². The molecule has 1 rings (SSSR count). The molecule has 1 N–H and O–H groups in total. The number of morpholine rings is 1. The lowest BCUT2D eigenvalue weighted by molar-refractivity contribution is -0.131. The van der Waals surface area contributed by atoms with E-state index in [2.05, 4.69) is 0 Å². The molecule has 1 amide bonds. The average molecular weight is 257 g/mol. The molecule has 1 aliphatic rings. The Morgan fingerprint density at radius 3 is 2.67 bits per heavy atom. The minimum absolute atomic E-state index is 0.304. The monoisotopic (exact) mass is 257 g/mol. The zero-order valence-electron chi connectivity index (χ0n) is 10.9. The largest absolute Gasteiger partial charge is 0.478 e. The standard InChI is InChI=1S/C12H19NO5/c1-12(2,3)18-11(16)13-6-7-17-9(8-13)4-5-10(14)15/h4-5,9H,6-8H2,1-3H3,(H,14,15)/b5-4+. The van der Waals surface area contributed by atoms with Crippen LogP contribution in [0.1, 0.15) is 20.8 Å². The van der Waals surface area contributed by atoms with Gasteiger partial charge in [0.1, 0.15) is 5.60 Å². The van der Waals surface area contributed by atoms with Gasteiger partial charge in [0.2, 0.25) is 0 Å². The van der Waals surface area contributed by atoms with Gasteiger partial charge in [0.05, 0.1) is 19.3 Å². The van der Waals surface area contributed by atoms with E-state index < -0.39 is 23.8 Å². The molecule has 102 valence electrons. The van der Waals surface area contributed by atoms with E-state index >= 15 is 0 Å². The van der Waals surface area contributed by atoms with Gasteiger partial charge in [0.15, 0.2) is 0 Å². The summed E-state index contributed by atoms with van der Waals surface area (Å²) < 4.78 is 10.6. The van der Waals surface area contributed by atoms with Gasteiger partial charge in [-0.15, -0.1) is 0 Å². The second-order valence-electron chi connectivity index (χ2n) is 5.03. The Hall–Kier alpha value is -1.56. The number of hydrogen-bond acceptors (Lipinski definition) is 4. The van der Waals surface area contributed by atoms with Gasteiger partial charge in [0.25, 0.3) is 0 Å². The van der Waals surface area contributed by atoms with Crippen LogP contribution in [-0.4, -0.2) is 53.5 Å². The molecule has 1 aliphatic heterocycles. The maximum Gasteiger partial charge on any atom is 0.410 e. The summed E-state index contributed by atoms with van der Waals surface area (Å²) in [5.41, 5.74) is -0.540. The first-order chi connectivity index (χ1) is 8.28. The van der Waals surface area contributed by atoms with Crippen LogP contribution in [0.25, 0.3) is 0 Å². The second-order valence-corrected chi connectivity index (χ2v) is 5.03. The zero-order valence-corrected chi connectivity index (χ0v) is 10.9. The summed E-state index contributed by atoms with van der Waals surface area (Å²) in [6.45, 7) is 6.52. The van der Waals surface area contributed by atoms with E-state index in [0.29, 0.717) is 19.7 Å². The number of nitrogens with zero attached hydrogens (tertiary/aromatic N) is 1. The van der Waals surface area contributed by atoms with Crippen molar-refractivity contribution in [1.29, 1.82) is 0 Å². The quantitative estimate of drug-likeness (QED) is 0.754. The first-order valence-electron chi connectivity index (χ1n) is 5.78. The third kappa shape index (κ3) is 5.18. The van der Waals surface area contributed by atoms with Gasteiger partial charge in [-0.3, -0.25) is 0 Å². The van der Waals surface area contributed by atoms with Crippen molar-refractivity contribution in [3.05, 3.63) is 12.2 Å². The van der Waals surface area contributed by atoms with Crippen molar-refractivity contribution in [2.45, 2.75) is 32.5 Å². The van der Waals surface area contributed by atoms with Gasteiger partial charge in [-0.1, -0.05) is 0 Å². The number of hydrogen-bond donors (Lipinski definition) is 1. The third-order valence-electron chi connectivity index (χ3n) is 2.20. The maximum absolute atomic E-state index is 11.8. The van der Waals surface area contributed by atoms with Crippen LogP contribution in [0.15, 0.2) is 12.2 Å². The van der Waals surface area contributed by atoms with E-state index in [1.165, 1.54) is 11.0 Å². The Morgan fingerprint density at radius 2 is 2.11 bits per heavy atom. The lowest BCUT2D eigenvalue weighted by Crippen LogP contribution is -2.46. The summed E-state index contributed by atoms with van der Waals surface area (Å²) in [5.74, 6) is -1.03. The Kier molecular flexibility index (Phi) is 4.72. The van der Waals surface area contributed by atoms with E-state index in [-0.39, 0.29) is 0 Å². The Balaban J connectivity index is 2.53. The summed E-state index contributed by atoms with van der Waals surface area (Å²) in [7, 11) is 0. The van der Waals surface area contributed by atoms with Crippen LogP contribution < -0.4 is 0 Å². The molecule has 6 heteroatoms. The van der Waals surface area contributed by atoms with Crippen molar-refractivity contribution in [3.8, 4) is 0 Å². The van der Waals surface area contributed by atoms with Crippen LogP contribution in [0.4, 0.5) is 4.79 Å². The van der Waals surface area contributed by atoms with Crippen molar-refractivity contribution >= 4 is 12.1 Å². The van der Waals surface area contributed by atoms with Gasteiger partial charge >= 0.3 is 12.1 Å². The third-order valence-corrected chi connectivity index (χ3v) is 2.20. The SMILES string of the molecule is CC(C)(C)OC(=O)N1CCOC(/C=C/C(=O)O)C1. The van der Waals surface area contributed by atoms with E-state index in [4.69, 9.17) is 14.6 Å². The summed E-state index contributed by atoms with van der Waals surface area (Å²) in [6.07, 6.45) is 1.64. The van der Waals surface area contributed by atoms with Crippen LogP contribution >= 0.6 is 0 Å². The fourth-order valence-electron chi connectivity index (χ4n) is 1.47. The van der Waals surface area contributed by atoms with Crippen LogP contribution in [0, 0.1) is 0 Å². The topological polar surface area (TPSA) is 76.1 Å². The maximum atomic E-state index is 11.8. The number of amides is 1. The molecule has 0 aromatic rings. The summed E-state index contributed by atoms with van der Waals surface area (Å²) in [4.78, 5) is 23.7. The first-order valence-corrected chi connectivity index (χ1v) is 5.78. The summed E-state index contributed by atoms with van der Waals surface area (Å²) in [6, 6.07) is 0. The molecular formula is C12H19NO5. The summed E-state index contributed by atoms with van der Waals surface area (Å²) >= 11 is 0. The minimum Gasteiger partial charge on any atom is -0.478 e. The average Bonchev–Trinajstić information content (AvgIpc) is 2.24. The smallest absolute Gasteiger partial charge is 0.410 e. The molecule has 0 aliphatic carbocycles. The van der Waals surface area contributed by atoms with Gasteiger partial charge < -0.3 is 19.5 Å². The Labute approximate surface area is 106 Å². The molecule has 1 saturated heterocycles. The van der Waals surface area contributed by atoms with E-state index in [0.717, 1.165) is 6.08 Å². The highest BCUT2D eigenvalue weighted by molar-refractivity contribution is 5.79.